The number of pyridine rings is 1. The number of aryl methyl sites for hydroxylation is 1. The number of carbonyl (C=O) groups is 1. The van der Waals surface area contributed by atoms with Crippen molar-refractivity contribution in [1.82, 2.24) is 20.5 Å². The number of aliphatic hydroxyl groups excluding tert-OH is 1. The zero-order valence-corrected chi connectivity index (χ0v) is 14.5. The third kappa shape index (κ3) is 3.82. The minimum absolute atomic E-state index is 0.161. The maximum Gasteiger partial charge on any atom is 0.255 e. The van der Waals surface area contributed by atoms with Crippen LogP contribution in [-0.4, -0.2) is 39.4 Å². The molecule has 0 aromatic carbocycles. The highest BCUT2D eigenvalue weighted by Gasteiger charge is 2.36. The molecule has 1 aliphatic carbocycles. The van der Waals surface area contributed by atoms with Gasteiger partial charge in [-0.2, -0.15) is 5.10 Å². The Morgan fingerprint density at radius 3 is 2.92 bits per heavy atom. The lowest BCUT2D eigenvalue weighted by Gasteiger charge is -2.38. The number of methoxy groups -OCH3 is 1. The summed E-state index contributed by atoms with van der Waals surface area (Å²) in [7, 11) is 1.59. The van der Waals surface area contributed by atoms with Gasteiger partial charge in [0.05, 0.1) is 37.2 Å². The number of carbonyl (C=O) groups excluding carboxylic acids is 1. The lowest BCUT2D eigenvalue weighted by molar-refractivity contribution is 0.0234. The molecule has 1 amide bonds. The van der Waals surface area contributed by atoms with Gasteiger partial charge < -0.3 is 15.2 Å². The van der Waals surface area contributed by atoms with E-state index < -0.39 is 0 Å². The molecule has 2 aromatic rings. The molecular formula is C18H24N4O3. The molecule has 0 aliphatic heterocycles. The SMILES string of the molecule is CCCc1[nH]ncc1C(=O)N[C@H](c1cncc(OC)c1)C1CC(O)C1. The largest absolute Gasteiger partial charge is 0.495 e. The van der Waals surface area contributed by atoms with Gasteiger partial charge in [-0.15, -0.1) is 0 Å². The van der Waals surface area contributed by atoms with Crippen molar-refractivity contribution < 1.29 is 14.6 Å². The van der Waals surface area contributed by atoms with Crippen molar-refractivity contribution in [3.63, 3.8) is 0 Å². The summed E-state index contributed by atoms with van der Waals surface area (Å²) in [5, 5.41) is 19.7. The predicted octanol–water partition coefficient (Wildman–Crippen LogP) is 2.01. The van der Waals surface area contributed by atoms with Crippen LogP contribution in [-0.2, 0) is 6.42 Å². The number of aromatic nitrogens is 3. The van der Waals surface area contributed by atoms with Gasteiger partial charge in [-0.05, 0) is 36.8 Å². The van der Waals surface area contributed by atoms with Gasteiger partial charge in [-0.25, -0.2) is 0 Å². The second kappa shape index (κ2) is 7.65. The molecule has 3 N–H and O–H groups in total. The van der Waals surface area contributed by atoms with E-state index in [4.69, 9.17) is 4.74 Å². The average Bonchev–Trinajstić information content (AvgIpc) is 3.06. The highest BCUT2D eigenvalue weighted by molar-refractivity contribution is 5.95. The third-order valence-corrected chi connectivity index (χ3v) is 4.70. The van der Waals surface area contributed by atoms with Crippen LogP contribution in [0.2, 0.25) is 0 Å². The third-order valence-electron chi connectivity index (χ3n) is 4.70. The number of rotatable bonds is 7. The molecule has 0 spiro atoms. The highest BCUT2D eigenvalue weighted by atomic mass is 16.5. The number of amides is 1. The standard InChI is InChI=1S/C18H24N4O3/c1-3-4-16-15(10-20-22-16)18(24)21-17(11-5-13(23)6-11)12-7-14(25-2)9-19-8-12/h7-11,13,17,23H,3-6H2,1-2H3,(H,20,22)(H,21,24)/t11?,13?,17-/m0/s1. The van der Waals surface area contributed by atoms with Gasteiger partial charge in [0.1, 0.15) is 5.75 Å². The summed E-state index contributed by atoms with van der Waals surface area (Å²) in [6.07, 6.45) is 7.67. The second-order valence-electron chi connectivity index (χ2n) is 6.51. The minimum Gasteiger partial charge on any atom is -0.495 e. The number of nitrogens with one attached hydrogen (secondary N) is 2. The number of ether oxygens (including phenoxy) is 1. The first kappa shape index (κ1) is 17.4. The molecule has 0 unspecified atom stereocenters. The molecule has 3 rings (SSSR count). The molecule has 1 fully saturated rings. The van der Waals surface area contributed by atoms with Crippen LogP contribution < -0.4 is 10.1 Å². The van der Waals surface area contributed by atoms with Gasteiger partial charge in [-0.1, -0.05) is 13.3 Å². The highest BCUT2D eigenvalue weighted by Crippen LogP contribution is 2.38. The van der Waals surface area contributed by atoms with E-state index in [0.29, 0.717) is 24.2 Å². The molecule has 1 saturated carbocycles. The Bertz CT molecular complexity index is 725. The Morgan fingerprint density at radius 1 is 1.44 bits per heavy atom. The average molecular weight is 344 g/mol. The predicted molar refractivity (Wildman–Crippen MR) is 92.3 cm³/mol. The fraction of sp³-hybridized carbons (Fsp3) is 0.500. The summed E-state index contributed by atoms with van der Waals surface area (Å²) < 4.78 is 5.25. The summed E-state index contributed by atoms with van der Waals surface area (Å²) in [6, 6.07) is 1.66. The normalized spacial score (nSPS) is 20.6. The summed E-state index contributed by atoms with van der Waals surface area (Å²) in [5.74, 6) is 0.660. The Kier molecular flexibility index (Phi) is 5.33. The first-order valence-corrected chi connectivity index (χ1v) is 8.62. The Morgan fingerprint density at radius 2 is 2.24 bits per heavy atom. The molecule has 1 atom stereocenters. The van der Waals surface area contributed by atoms with Crippen molar-refractivity contribution in [2.45, 2.75) is 44.8 Å². The molecule has 7 heteroatoms. The van der Waals surface area contributed by atoms with Crippen LogP contribution in [0.1, 0.15) is 53.8 Å². The molecule has 0 radical (unpaired) electrons. The number of aliphatic hydroxyl groups is 1. The van der Waals surface area contributed by atoms with Gasteiger partial charge in [0.15, 0.2) is 0 Å². The summed E-state index contributed by atoms with van der Waals surface area (Å²) in [4.78, 5) is 17.0. The number of nitrogens with zero attached hydrogens (tertiary/aromatic N) is 2. The van der Waals surface area contributed by atoms with Crippen LogP contribution in [0.25, 0.3) is 0 Å². The second-order valence-corrected chi connectivity index (χ2v) is 6.51. The van der Waals surface area contributed by atoms with Crippen molar-refractivity contribution in [2.24, 2.45) is 5.92 Å². The van der Waals surface area contributed by atoms with Crippen molar-refractivity contribution in [1.29, 1.82) is 0 Å². The fourth-order valence-corrected chi connectivity index (χ4v) is 3.26. The van der Waals surface area contributed by atoms with E-state index in [1.165, 1.54) is 0 Å². The smallest absolute Gasteiger partial charge is 0.255 e. The van der Waals surface area contributed by atoms with Crippen molar-refractivity contribution >= 4 is 5.91 Å². The Hall–Kier alpha value is -2.41. The fourth-order valence-electron chi connectivity index (χ4n) is 3.26. The zero-order chi connectivity index (χ0) is 17.8. The Labute approximate surface area is 146 Å². The minimum atomic E-state index is -0.299. The van der Waals surface area contributed by atoms with E-state index in [1.807, 2.05) is 6.07 Å². The molecule has 134 valence electrons. The molecule has 0 bridgehead atoms. The molecular weight excluding hydrogens is 320 g/mol. The first-order valence-electron chi connectivity index (χ1n) is 8.62. The number of hydrogen-bond acceptors (Lipinski definition) is 5. The summed E-state index contributed by atoms with van der Waals surface area (Å²) >= 11 is 0. The number of hydrogen-bond donors (Lipinski definition) is 3. The van der Waals surface area contributed by atoms with E-state index in [9.17, 15) is 9.90 Å². The molecule has 0 saturated heterocycles. The monoisotopic (exact) mass is 344 g/mol. The van der Waals surface area contributed by atoms with E-state index in [1.54, 1.807) is 25.7 Å². The van der Waals surface area contributed by atoms with Crippen molar-refractivity contribution in [3.8, 4) is 5.75 Å². The lowest BCUT2D eigenvalue weighted by Crippen LogP contribution is -2.41. The first-order chi connectivity index (χ1) is 12.1. The van der Waals surface area contributed by atoms with Crippen LogP contribution in [0.4, 0.5) is 0 Å². The van der Waals surface area contributed by atoms with Crippen LogP contribution >= 0.6 is 0 Å². The van der Waals surface area contributed by atoms with Gasteiger partial charge in [0, 0.05) is 11.9 Å². The quantitative estimate of drug-likeness (QED) is 0.713. The maximum atomic E-state index is 12.8. The van der Waals surface area contributed by atoms with Gasteiger partial charge in [0.25, 0.3) is 5.91 Å². The van der Waals surface area contributed by atoms with E-state index in [0.717, 1.165) is 24.1 Å². The van der Waals surface area contributed by atoms with Crippen LogP contribution in [0, 0.1) is 5.92 Å². The van der Waals surface area contributed by atoms with Crippen LogP contribution in [0.3, 0.4) is 0 Å². The molecule has 2 aromatic heterocycles. The van der Waals surface area contributed by atoms with Gasteiger partial charge in [-0.3, -0.25) is 14.9 Å². The topological polar surface area (TPSA) is 100 Å². The maximum absolute atomic E-state index is 12.8. The molecule has 2 heterocycles. The molecule has 7 nitrogen and oxygen atoms in total. The Balaban J connectivity index is 1.82. The van der Waals surface area contributed by atoms with E-state index in [-0.39, 0.29) is 24.0 Å². The van der Waals surface area contributed by atoms with Gasteiger partial charge >= 0.3 is 0 Å². The number of H-pyrrole nitrogens is 1. The van der Waals surface area contributed by atoms with E-state index in [2.05, 4.69) is 27.4 Å². The number of aromatic amines is 1. The summed E-state index contributed by atoms with van der Waals surface area (Å²) in [5.41, 5.74) is 2.30. The van der Waals surface area contributed by atoms with E-state index >= 15 is 0 Å². The molecule has 25 heavy (non-hydrogen) atoms. The zero-order valence-electron chi connectivity index (χ0n) is 14.5. The van der Waals surface area contributed by atoms with Gasteiger partial charge in [0.2, 0.25) is 0 Å². The lowest BCUT2D eigenvalue weighted by atomic mass is 9.75. The van der Waals surface area contributed by atoms with Crippen LogP contribution in [0.5, 0.6) is 5.75 Å². The van der Waals surface area contributed by atoms with Crippen molar-refractivity contribution in [3.05, 3.63) is 41.5 Å². The molecule has 1 aliphatic rings. The summed E-state index contributed by atoms with van der Waals surface area (Å²) in [6.45, 7) is 2.06. The van der Waals surface area contributed by atoms with Crippen molar-refractivity contribution in [2.75, 3.05) is 7.11 Å². The van der Waals surface area contributed by atoms with Crippen LogP contribution in [0.15, 0.2) is 24.7 Å².